The third-order valence-electron chi connectivity index (χ3n) is 9.02. The van der Waals surface area contributed by atoms with Crippen LogP contribution in [0.1, 0.15) is 163 Å². The first kappa shape index (κ1) is 44.5. The summed E-state index contributed by atoms with van der Waals surface area (Å²) in [5, 5.41) is 0. The van der Waals surface area contributed by atoms with Gasteiger partial charge in [-0.05, 0) is 132 Å². The van der Waals surface area contributed by atoms with Crippen molar-refractivity contribution in [1.29, 1.82) is 0 Å². The van der Waals surface area contributed by atoms with Gasteiger partial charge in [-0.2, -0.15) is 0 Å². The first-order chi connectivity index (χ1) is 21.2. The van der Waals surface area contributed by atoms with Gasteiger partial charge in [0.1, 0.15) is 5.82 Å². The molecule has 0 aromatic heterocycles. The van der Waals surface area contributed by atoms with Crippen LogP contribution in [0.4, 0.5) is 4.39 Å². The second-order valence-electron chi connectivity index (χ2n) is 12.4. The second-order valence-corrected chi connectivity index (χ2v) is 12.4. The summed E-state index contributed by atoms with van der Waals surface area (Å²) in [7, 11) is 0. The van der Waals surface area contributed by atoms with E-state index in [1.54, 1.807) is 6.08 Å². The third kappa shape index (κ3) is 13.3. The van der Waals surface area contributed by atoms with Crippen molar-refractivity contribution >= 4 is 11.6 Å². The number of hydrogen-bond donors (Lipinski definition) is 0. The predicted octanol–water partition coefficient (Wildman–Crippen LogP) is 14.5. The fraction of sp³-hybridized carbons (Fsp3) is 0.581. The number of ether oxygens (including phenoxy) is 1. The molecule has 0 radical (unpaired) electrons. The van der Waals surface area contributed by atoms with Gasteiger partial charge in [-0.15, -0.1) is 0 Å². The minimum Gasteiger partial charge on any atom is -0.498 e. The lowest BCUT2D eigenvalue weighted by Gasteiger charge is -2.24. The summed E-state index contributed by atoms with van der Waals surface area (Å²) >= 11 is 0. The van der Waals surface area contributed by atoms with Crippen LogP contribution in [0, 0.1) is 18.2 Å². The molecule has 1 nitrogen and oxygen atoms in total. The Morgan fingerprint density at radius 2 is 1.38 bits per heavy atom. The standard InChI is InChI=1S/C27H37F.C9H16O.C5H12.C2H6/c1-12-17(7)19(9)25(18(8)16(5)6)21(11)26-24(15-4)23(14-3)22(13-2)20(10)27(26)28;1-4-9(5-6-9)7-10-8(2)3;1-3-5-4-2;1-2/h12-13H,2,11,14-15H2,1,3-10H3;2,4-7H2,1,3H3;3-5H2,1-2H3;1-2H3/b17-12-,25-19-;;;. The Morgan fingerprint density at radius 3 is 1.69 bits per heavy atom. The summed E-state index contributed by atoms with van der Waals surface area (Å²) in [6.07, 6.45) is 13.5. The minimum absolute atomic E-state index is 0.168. The molecule has 1 fully saturated rings. The molecule has 0 bridgehead atoms. The topological polar surface area (TPSA) is 9.23 Å². The van der Waals surface area contributed by atoms with E-state index in [1.165, 1.54) is 55.2 Å². The van der Waals surface area contributed by atoms with Crippen LogP contribution in [0.15, 0.2) is 59.4 Å². The van der Waals surface area contributed by atoms with E-state index in [1.807, 2.05) is 34.6 Å². The fourth-order valence-electron chi connectivity index (χ4n) is 5.29. The van der Waals surface area contributed by atoms with Gasteiger partial charge in [0.15, 0.2) is 0 Å². The van der Waals surface area contributed by atoms with Gasteiger partial charge in [-0.25, -0.2) is 4.39 Å². The Balaban J connectivity index is 0. The average molecular weight is 623 g/mol. The van der Waals surface area contributed by atoms with E-state index in [2.05, 4.69) is 95.1 Å². The van der Waals surface area contributed by atoms with Gasteiger partial charge < -0.3 is 4.74 Å². The van der Waals surface area contributed by atoms with E-state index in [-0.39, 0.29) is 5.82 Å². The monoisotopic (exact) mass is 623 g/mol. The van der Waals surface area contributed by atoms with Crippen LogP contribution in [0.2, 0.25) is 0 Å². The molecule has 2 rings (SSSR count). The van der Waals surface area contributed by atoms with Crippen LogP contribution in [0.25, 0.3) is 11.6 Å². The molecule has 0 N–H and O–H groups in total. The molecule has 256 valence electrons. The van der Waals surface area contributed by atoms with Crippen LogP contribution in [-0.2, 0) is 17.6 Å². The van der Waals surface area contributed by atoms with E-state index in [0.29, 0.717) is 16.5 Å². The molecule has 1 aliphatic rings. The zero-order chi connectivity index (χ0) is 35.5. The Labute approximate surface area is 280 Å². The number of rotatable bonds is 13. The van der Waals surface area contributed by atoms with Crippen LogP contribution in [0.3, 0.4) is 0 Å². The van der Waals surface area contributed by atoms with E-state index >= 15 is 4.39 Å². The molecule has 0 saturated heterocycles. The number of unbranched alkanes of at least 4 members (excludes halogenated alkanes) is 2. The molecule has 0 heterocycles. The number of halogens is 1. The molecule has 0 spiro atoms. The number of allylic oxidation sites excluding steroid dienone is 8. The van der Waals surface area contributed by atoms with Gasteiger partial charge >= 0.3 is 0 Å². The molecule has 1 aliphatic carbocycles. The summed E-state index contributed by atoms with van der Waals surface area (Å²) < 4.78 is 21.0. The first-order valence-corrected chi connectivity index (χ1v) is 17.6. The van der Waals surface area contributed by atoms with Gasteiger partial charge in [0.05, 0.1) is 12.4 Å². The second kappa shape index (κ2) is 22.8. The highest BCUT2D eigenvalue weighted by Crippen LogP contribution is 2.49. The summed E-state index contributed by atoms with van der Waals surface area (Å²) in [5.74, 6) is 0.679. The SMILES string of the molecule is C=C(C)OCC1(CC)CC1.C=Cc1c(C)c(F)c(C(=C)/C(C(C)=C(C)C)=C(C)\C(C)=C/C)c(CC)c1CC.CC.CCCCC. The van der Waals surface area contributed by atoms with Crippen molar-refractivity contribution in [2.75, 3.05) is 6.61 Å². The largest absolute Gasteiger partial charge is 0.498 e. The van der Waals surface area contributed by atoms with Gasteiger partial charge in [0, 0.05) is 11.0 Å². The van der Waals surface area contributed by atoms with E-state index in [4.69, 9.17) is 4.74 Å². The molecule has 0 unspecified atom stereocenters. The summed E-state index contributed by atoms with van der Waals surface area (Å²) in [6, 6.07) is 0. The minimum atomic E-state index is -0.168. The maximum absolute atomic E-state index is 15.7. The molecular formula is C43H71FO. The molecule has 0 aliphatic heterocycles. The fourth-order valence-corrected chi connectivity index (χ4v) is 5.29. The quantitative estimate of drug-likeness (QED) is 0.157. The highest BCUT2D eigenvalue weighted by molar-refractivity contribution is 5.87. The lowest BCUT2D eigenvalue weighted by Crippen LogP contribution is -2.10. The third-order valence-corrected chi connectivity index (χ3v) is 9.02. The molecule has 1 saturated carbocycles. The smallest absolute Gasteiger partial charge is 0.134 e. The van der Waals surface area contributed by atoms with Crippen LogP contribution < -0.4 is 0 Å². The Hall–Kier alpha value is -2.61. The van der Waals surface area contributed by atoms with Crippen LogP contribution >= 0.6 is 0 Å². The van der Waals surface area contributed by atoms with Crippen molar-refractivity contribution in [2.45, 2.75) is 155 Å². The highest BCUT2D eigenvalue weighted by atomic mass is 19.1. The highest BCUT2D eigenvalue weighted by Gasteiger charge is 2.41. The number of benzene rings is 1. The lowest BCUT2D eigenvalue weighted by atomic mass is 9.80. The molecule has 1 aromatic rings. The van der Waals surface area contributed by atoms with Crippen LogP contribution in [-0.4, -0.2) is 6.61 Å². The average Bonchev–Trinajstić information content (AvgIpc) is 3.82. The van der Waals surface area contributed by atoms with E-state index in [9.17, 15) is 0 Å². The first-order valence-electron chi connectivity index (χ1n) is 17.6. The van der Waals surface area contributed by atoms with Gasteiger partial charge in [0.2, 0.25) is 0 Å². The van der Waals surface area contributed by atoms with Crippen molar-refractivity contribution in [3.63, 3.8) is 0 Å². The maximum atomic E-state index is 15.7. The zero-order valence-corrected chi connectivity index (χ0v) is 32.4. The van der Waals surface area contributed by atoms with Crippen molar-refractivity contribution in [2.24, 2.45) is 5.41 Å². The molecule has 0 atom stereocenters. The molecule has 1 aromatic carbocycles. The normalized spacial score (nSPS) is 13.4. The molecular weight excluding hydrogens is 551 g/mol. The summed E-state index contributed by atoms with van der Waals surface area (Å²) in [5.41, 5.74) is 11.6. The van der Waals surface area contributed by atoms with Crippen molar-refractivity contribution in [3.8, 4) is 0 Å². The van der Waals surface area contributed by atoms with Crippen molar-refractivity contribution in [1.82, 2.24) is 0 Å². The zero-order valence-electron chi connectivity index (χ0n) is 32.4. The van der Waals surface area contributed by atoms with Crippen LogP contribution in [0.5, 0.6) is 0 Å². The summed E-state index contributed by atoms with van der Waals surface area (Å²) in [4.78, 5) is 0. The molecule has 2 heteroatoms. The predicted molar refractivity (Wildman–Crippen MR) is 204 cm³/mol. The van der Waals surface area contributed by atoms with E-state index < -0.39 is 0 Å². The lowest BCUT2D eigenvalue weighted by molar-refractivity contribution is 0.153. The van der Waals surface area contributed by atoms with Gasteiger partial charge in [-0.1, -0.05) is 111 Å². The number of hydrogen-bond acceptors (Lipinski definition) is 1. The van der Waals surface area contributed by atoms with Gasteiger partial charge in [-0.3, -0.25) is 0 Å². The molecule has 0 amide bonds. The Bertz CT molecular complexity index is 1190. The maximum Gasteiger partial charge on any atom is 0.134 e. The van der Waals surface area contributed by atoms with E-state index in [0.717, 1.165) is 58.6 Å². The Morgan fingerprint density at radius 1 is 0.867 bits per heavy atom. The van der Waals surface area contributed by atoms with Crippen molar-refractivity contribution < 1.29 is 9.13 Å². The summed E-state index contributed by atoms with van der Waals surface area (Å²) in [6.45, 7) is 44.1. The Kier molecular flexibility index (Phi) is 22.6. The van der Waals surface area contributed by atoms with Gasteiger partial charge in [0.25, 0.3) is 0 Å². The van der Waals surface area contributed by atoms with Crippen molar-refractivity contribution in [3.05, 3.63) is 93.1 Å². The molecule has 45 heavy (non-hydrogen) atoms.